The highest BCUT2D eigenvalue weighted by Gasteiger charge is 2.30. The van der Waals surface area contributed by atoms with Gasteiger partial charge in [0, 0.05) is 31.1 Å². The van der Waals surface area contributed by atoms with Crippen molar-refractivity contribution in [2.45, 2.75) is 19.4 Å². The highest BCUT2D eigenvalue weighted by Crippen LogP contribution is 2.34. The van der Waals surface area contributed by atoms with E-state index in [2.05, 4.69) is 26.9 Å². The quantitative estimate of drug-likeness (QED) is 0.436. The fourth-order valence-electron chi connectivity index (χ4n) is 4.51. The van der Waals surface area contributed by atoms with Crippen molar-refractivity contribution in [3.63, 3.8) is 0 Å². The van der Waals surface area contributed by atoms with E-state index in [9.17, 15) is 4.79 Å². The molecule has 0 bridgehead atoms. The van der Waals surface area contributed by atoms with E-state index in [-0.39, 0.29) is 18.4 Å². The first-order chi connectivity index (χ1) is 16.2. The van der Waals surface area contributed by atoms with Gasteiger partial charge in [-0.2, -0.15) is 0 Å². The van der Waals surface area contributed by atoms with Crippen LogP contribution in [-0.2, 0) is 11.2 Å². The molecule has 0 radical (unpaired) electrons. The van der Waals surface area contributed by atoms with E-state index in [0.717, 1.165) is 46.0 Å². The Balaban J connectivity index is 1.19. The molecule has 2 aromatic carbocycles. The van der Waals surface area contributed by atoms with Gasteiger partial charge in [0.25, 0.3) is 0 Å². The molecule has 3 aromatic heterocycles. The second-order valence-corrected chi connectivity index (χ2v) is 9.13. The average molecular weight is 459 g/mol. The van der Waals surface area contributed by atoms with Crippen LogP contribution in [0.1, 0.15) is 12.6 Å². The van der Waals surface area contributed by atoms with E-state index in [4.69, 9.17) is 9.51 Å². The number of aromatic nitrogens is 4. The van der Waals surface area contributed by atoms with Crippen LogP contribution >= 0.6 is 11.3 Å². The zero-order valence-electron chi connectivity index (χ0n) is 18.1. The lowest BCUT2D eigenvalue weighted by Crippen LogP contribution is -2.54. The normalized spacial score (nSPS) is 16.7. The van der Waals surface area contributed by atoms with Gasteiger partial charge in [0.15, 0.2) is 11.4 Å². The summed E-state index contributed by atoms with van der Waals surface area (Å²) < 4.78 is 5.36. The predicted molar refractivity (Wildman–Crippen MR) is 128 cm³/mol. The molecule has 0 spiro atoms. The van der Waals surface area contributed by atoms with Gasteiger partial charge in [-0.15, -0.1) is 11.3 Å². The lowest BCUT2D eigenvalue weighted by molar-refractivity contribution is -0.132. The number of carbonyl (C=O) groups excluding carboxylic acids is 1. The smallest absolute Gasteiger partial charge is 0.229 e. The van der Waals surface area contributed by atoms with Gasteiger partial charge in [0.1, 0.15) is 16.4 Å². The molecule has 4 heterocycles. The summed E-state index contributed by atoms with van der Waals surface area (Å²) in [5.74, 6) is 0.847. The van der Waals surface area contributed by atoms with Crippen LogP contribution in [0.5, 0.6) is 0 Å². The number of H-pyrrole nitrogens is 1. The van der Waals surface area contributed by atoms with E-state index in [0.29, 0.717) is 17.8 Å². The van der Waals surface area contributed by atoms with Crippen LogP contribution < -0.4 is 4.90 Å². The van der Waals surface area contributed by atoms with E-state index in [1.165, 1.54) is 0 Å². The maximum absolute atomic E-state index is 13.1. The predicted octanol–water partition coefficient (Wildman–Crippen LogP) is 4.11. The molecule has 1 aliphatic rings. The number of amides is 1. The Labute approximate surface area is 193 Å². The van der Waals surface area contributed by atoms with Gasteiger partial charge in [-0.05, 0) is 31.2 Å². The molecule has 1 fully saturated rings. The number of imidazole rings is 1. The van der Waals surface area contributed by atoms with Gasteiger partial charge in [-0.25, -0.2) is 9.97 Å². The molecular weight excluding hydrogens is 436 g/mol. The lowest BCUT2D eigenvalue weighted by atomic mass is 10.1. The topological polar surface area (TPSA) is 91.2 Å². The number of fused-ring (bicyclic) bond motifs is 2. The Morgan fingerprint density at radius 3 is 2.91 bits per heavy atom. The van der Waals surface area contributed by atoms with Crippen LogP contribution in [-0.4, -0.2) is 56.6 Å². The van der Waals surface area contributed by atoms with E-state index < -0.39 is 0 Å². The monoisotopic (exact) mass is 458 g/mol. The van der Waals surface area contributed by atoms with Gasteiger partial charge < -0.3 is 19.3 Å². The number of benzene rings is 2. The van der Waals surface area contributed by atoms with Gasteiger partial charge in [0.2, 0.25) is 5.91 Å². The number of hydrogen-bond acceptors (Lipinski definition) is 7. The Kier molecular flexibility index (Phi) is 4.83. The fraction of sp³-hybridized carbons (Fsp3) is 0.250. The van der Waals surface area contributed by atoms with Crippen LogP contribution in [0.3, 0.4) is 0 Å². The SMILES string of the molecule is CC1CN(c2scnc2-c2nc3ccccc3[nH]2)CCN1C(=O)Cc1noc2ccccc12. The van der Waals surface area contributed by atoms with Crippen molar-refractivity contribution in [2.24, 2.45) is 0 Å². The van der Waals surface area contributed by atoms with Crippen molar-refractivity contribution < 1.29 is 9.32 Å². The number of thiazole rings is 1. The highest BCUT2D eigenvalue weighted by molar-refractivity contribution is 7.14. The maximum atomic E-state index is 13.1. The van der Waals surface area contributed by atoms with E-state index >= 15 is 0 Å². The number of aromatic amines is 1. The maximum Gasteiger partial charge on any atom is 0.229 e. The number of para-hydroxylation sites is 3. The van der Waals surface area contributed by atoms with Crippen LogP contribution in [0.15, 0.2) is 58.6 Å². The third kappa shape index (κ3) is 3.54. The van der Waals surface area contributed by atoms with Crippen molar-refractivity contribution >= 4 is 44.2 Å². The second kappa shape index (κ2) is 8.00. The number of nitrogens with zero attached hydrogens (tertiary/aromatic N) is 5. The van der Waals surface area contributed by atoms with Gasteiger partial charge in [-0.3, -0.25) is 4.79 Å². The second-order valence-electron chi connectivity index (χ2n) is 8.29. The van der Waals surface area contributed by atoms with Crippen LogP contribution in [0.4, 0.5) is 5.00 Å². The Hall–Kier alpha value is -3.72. The van der Waals surface area contributed by atoms with E-state index in [1.807, 2.05) is 58.9 Å². The number of carbonyl (C=O) groups is 1. The van der Waals surface area contributed by atoms with E-state index in [1.54, 1.807) is 11.3 Å². The summed E-state index contributed by atoms with van der Waals surface area (Å²) in [6, 6.07) is 15.7. The molecule has 1 N–H and O–H groups in total. The molecule has 1 aliphatic heterocycles. The molecule has 33 heavy (non-hydrogen) atoms. The minimum Gasteiger partial charge on any atom is -0.358 e. The molecule has 1 unspecified atom stereocenters. The summed E-state index contributed by atoms with van der Waals surface area (Å²) >= 11 is 1.61. The zero-order valence-corrected chi connectivity index (χ0v) is 18.9. The van der Waals surface area contributed by atoms with Gasteiger partial charge in [0.05, 0.1) is 23.0 Å². The Bertz CT molecular complexity index is 1420. The molecule has 0 aliphatic carbocycles. The molecular formula is C24H22N6O2S. The average Bonchev–Trinajstić information content (AvgIpc) is 3.57. The molecule has 1 amide bonds. The first-order valence-corrected chi connectivity index (χ1v) is 11.8. The zero-order chi connectivity index (χ0) is 22.4. The minimum atomic E-state index is 0.0649. The lowest BCUT2D eigenvalue weighted by Gasteiger charge is -2.40. The molecule has 0 saturated carbocycles. The first-order valence-electron chi connectivity index (χ1n) is 10.9. The van der Waals surface area contributed by atoms with Crippen LogP contribution in [0, 0.1) is 0 Å². The van der Waals surface area contributed by atoms with Crippen molar-refractivity contribution in [1.29, 1.82) is 0 Å². The minimum absolute atomic E-state index is 0.0649. The molecule has 166 valence electrons. The van der Waals surface area contributed by atoms with Gasteiger partial charge in [-0.1, -0.05) is 29.4 Å². The van der Waals surface area contributed by atoms with Crippen molar-refractivity contribution in [3.8, 4) is 11.5 Å². The molecule has 6 rings (SSSR count). The Morgan fingerprint density at radius 2 is 2.03 bits per heavy atom. The van der Waals surface area contributed by atoms with Crippen molar-refractivity contribution in [2.75, 3.05) is 24.5 Å². The molecule has 9 heteroatoms. The molecule has 1 atom stereocenters. The summed E-state index contributed by atoms with van der Waals surface area (Å²) in [6.45, 7) is 4.21. The molecule has 5 aromatic rings. The summed E-state index contributed by atoms with van der Waals surface area (Å²) in [5.41, 5.74) is 6.04. The summed E-state index contributed by atoms with van der Waals surface area (Å²) in [4.78, 5) is 30.1. The van der Waals surface area contributed by atoms with Gasteiger partial charge >= 0.3 is 0 Å². The van der Waals surface area contributed by atoms with Crippen molar-refractivity contribution in [3.05, 3.63) is 59.7 Å². The largest absolute Gasteiger partial charge is 0.358 e. The molecule has 8 nitrogen and oxygen atoms in total. The number of anilines is 1. The number of hydrogen-bond donors (Lipinski definition) is 1. The summed E-state index contributed by atoms with van der Waals surface area (Å²) in [5, 5.41) is 6.10. The number of nitrogens with one attached hydrogen (secondary N) is 1. The standard InChI is InChI=1S/C24H22N6O2S/c1-15-13-29(24-22(25-14-33-24)23-26-17-7-3-4-8-18(17)27-23)10-11-30(15)21(31)12-19-16-6-2-5-9-20(16)32-28-19/h2-9,14-15H,10-13H2,1H3,(H,26,27). The number of rotatable bonds is 4. The van der Waals surface area contributed by atoms with Crippen LogP contribution in [0.2, 0.25) is 0 Å². The summed E-state index contributed by atoms with van der Waals surface area (Å²) in [6.07, 6.45) is 0.242. The Morgan fingerprint density at radius 1 is 1.18 bits per heavy atom. The summed E-state index contributed by atoms with van der Waals surface area (Å²) in [7, 11) is 0. The number of piperazine rings is 1. The van der Waals surface area contributed by atoms with Crippen molar-refractivity contribution in [1.82, 2.24) is 25.0 Å². The van der Waals surface area contributed by atoms with Crippen LogP contribution in [0.25, 0.3) is 33.5 Å². The third-order valence-electron chi connectivity index (χ3n) is 6.17. The molecule has 1 saturated heterocycles. The third-order valence-corrected chi connectivity index (χ3v) is 7.05. The first kappa shape index (κ1) is 19.9. The highest BCUT2D eigenvalue weighted by atomic mass is 32.1. The fourth-order valence-corrected chi connectivity index (χ4v) is 5.35.